The zero-order valence-corrected chi connectivity index (χ0v) is 13.0. The topological polar surface area (TPSA) is 61.4 Å². The average molecular weight is 309 g/mol. The highest BCUT2D eigenvalue weighted by atomic mass is 16.2. The summed E-state index contributed by atoms with van der Waals surface area (Å²) in [6.07, 6.45) is 0. The summed E-state index contributed by atoms with van der Waals surface area (Å²) in [5.41, 5.74) is 2.65. The molecule has 1 aliphatic heterocycles. The van der Waals surface area contributed by atoms with Gasteiger partial charge in [0.15, 0.2) is 0 Å². The fraction of sp³-hybridized carbons (Fsp3) is 0.222. The number of aryl methyl sites for hydroxylation is 1. The van der Waals surface area contributed by atoms with E-state index >= 15 is 0 Å². The number of carbonyl (C=O) groups is 2. The summed E-state index contributed by atoms with van der Waals surface area (Å²) in [5, 5.41) is 5.68. The first-order valence-corrected chi connectivity index (χ1v) is 7.62. The zero-order valence-electron chi connectivity index (χ0n) is 13.0. The van der Waals surface area contributed by atoms with Gasteiger partial charge >= 0.3 is 6.03 Å². The van der Waals surface area contributed by atoms with Crippen molar-refractivity contribution in [2.75, 3.05) is 18.4 Å². The molecular formula is C18H19N3O2. The second kappa shape index (κ2) is 6.52. The van der Waals surface area contributed by atoms with E-state index in [9.17, 15) is 9.59 Å². The van der Waals surface area contributed by atoms with Gasteiger partial charge in [0.2, 0.25) is 5.91 Å². The molecule has 2 aromatic rings. The molecule has 1 unspecified atom stereocenters. The summed E-state index contributed by atoms with van der Waals surface area (Å²) in [6, 6.07) is 16.1. The fourth-order valence-corrected chi connectivity index (χ4v) is 2.68. The van der Waals surface area contributed by atoms with Crippen molar-refractivity contribution >= 4 is 17.6 Å². The minimum atomic E-state index is -0.604. The lowest BCUT2D eigenvalue weighted by Gasteiger charge is -2.35. The normalized spacial score (nSPS) is 17.5. The Morgan fingerprint density at radius 1 is 1.13 bits per heavy atom. The summed E-state index contributed by atoms with van der Waals surface area (Å²) >= 11 is 0. The molecule has 5 nitrogen and oxygen atoms in total. The van der Waals surface area contributed by atoms with Crippen molar-refractivity contribution in [2.45, 2.75) is 13.0 Å². The van der Waals surface area contributed by atoms with Crippen LogP contribution in [0.15, 0.2) is 54.6 Å². The second-order valence-electron chi connectivity index (χ2n) is 5.59. The van der Waals surface area contributed by atoms with Crippen LogP contribution in [0.2, 0.25) is 0 Å². The van der Waals surface area contributed by atoms with Crippen LogP contribution in [-0.4, -0.2) is 29.9 Å². The van der Waals surface area contributed by atoms with Gasteiger partial charge in [-0.3, -0.25) is 4.79 Å². The van der Waals surface area contributed by atoms with Crippen LogP contribution in [0.5, 0.6) is 0 Å². The Morgan fingerprint density at radius 2 is 1.83 bits per heavy atom. The van der Waals surface area contributed by atoms with E-state index in [4.69, 9.17) is 0 Å². The van der Waals surface area contributed by atoms with Gasteiger partial charge in [-0.15, -0.1) is 0 Å². The number of benzene rings is 2. The monoisotopic (exact) mass is 309 g/mol. The average Bonchev–Trinajstić information content (AvgIpc) is 2.56. The molecule has 0 bridgehead atoms. The van der Waals surface area contributed by atoms with Crippen molar-refractivity contribution in [3.63, 3.8) is 0 Å². The zero-order chi connectivity index (χ0) is 16.2. The Bertz CT molecular complexity index is 698. The molecule has 2 N–H and O–H groups in total. The van der Waals surface area contributed by atoms with Crippen molar-refractivity contribution in [3.05, 3.63) is 65.7 Å². The molecule has 0 radical (unpaired) electrons. The molecule has 2 aromatic carbocycles. The molecule has 1 saturated heterocycles. The molecule has 0 aliphatic carbocycles. The van der Waals surface area contributed by atoms with Gasteiger partial charge in [-0.2, -0.15) is 0 Å². The van der Waals surface area contributed by atoms with E-state index in [1.165, 1.54) is 0 Å². The number of amides is 3. The first kappa shape index (κ1) is 15.1. The summed E-state index contributed by atoms with van der Waals surface area (Å²) in [6.45, 7) is 2.93. The second-order valence-corrected chi connectivity index (χ2v) is 5.59. The maximum absolute atomic E-state index is 12.6. The Kier molecular flexibility index (Phi) is 4.28. The van der Waals surface area contributed by atoms with Crippen molar-refractivity contribution in [1.29, 1.82) is 0 Å². The molecule has 0 spiro atoms. The predicted octanol–water partition coefficient (Wildman–Crippen LogP) is 2.70. The van der Waals surface area contributed by atoms with Crippen LogP contribution in [0.4, 0.5) is 10.5 Å². The van der Waals surface area contributed by atoms with Gasteiger partial charge in [0.05, 0.1) is 0 Å². The molecule has 3 rings (SSSR count). The number of rotatable bonds is 2. The minimum Gasteiger partial charge on any atom is -0.352 e. The molecule has 118 valence electrons. The van der Waals surface area contributed by atoms with Gasteiger partial charge < -0.3 is 15.5 Å². The van der Waals surface area contributed by atoms with Crippen molar-refractivity contribution in [1.82, 2.24) is 10.2 Å². The first-order chi connectivity index (χ1) is 11.1. The lowest BCUT2D eigenvalue weighted by atomic mass is 10.0. The van der Waals surface area contributed by atoms with E-state index < -0.39 is 6.04 Å². The molecule has 1 heterocycles. The van der Waals surface area contributed by atoms with E-state index in [-0.39, 0.29) is 11.9 Å². The lowest BCUT2D eigenvalue weighted by molar-refractivity contribution is -0.127. The van der Waals surface area contributed by atoms with Gasteiger partial charge in [0.1, 0.15) is 6.04 Å². The largest absolute Gasteiger partial charge is 0.352 e. The molecule has 3 amide bonds. The highest BCUT2D eigenvalue weighted by molar-refractivity contribution is 5.95. The van der Waals surface area contributed by atoms with Crippen LogP contribution < -0.4 is 10.6 Å². The van der Waals surface area contributed by atoms with Gasteiger partial charge in [0, 0.05) is 18.8 Å². The van der Waals surface area contributed by atoms with Gasteiger partial charge in [-0.25, -0.2) is 4.79 Å². The number of hydrogen-bond acceptors (Lipinski definition) is 2. The summed E-state index contributed by atoms with van der Waals surface area (Å²) in [4.78, 5) is 26.5. The lowest BCUT2D eigenvalue weighted by Crippen LogP contribution is -2.53. The Hall–Kier alpha value is -2.82. The minimum absolute atomic E-state index is 0.150. The maximum atomic E-state index is 12.6. The number of hydrogen-bond donors (Lipinski definition) is 2. The fourth-order valence-electron chi connectivity index (χ4n) is 2.68. The number of carbonyl (C=O) groups excluding carboxylic acids is 2. The van der Waals surface area contributed by atoms with Crippen LogP contribution >= 0.6 is 0 Å². The maximum Gasteiger partial charge on any atom is 0.322 e. The van der Waals surface area contributed by atoms with Crippen LogP contribution in [0.25, 0.3) is 0 Å². The predicted molar refractivity (Wildman–Crippen MR) is 89.1 cm³/mol. The van der Waals surface area contributed by atoms with Gasteiger partial charge in [0.25, 0.3) is 0 Å². The Morgan fingerprint density at radius 3 is 2.52 bits per heavy atom. The molecule has 1 atom stereocenters. The van der Waals surface area contributed by atoms with Crippen LogP contribution in [0.3, 0.4) is 0 Å². The molecule has 0 saturated carbocycles. The van der Waals surface area contributed by atoms with Crippen molar-refractivity contribution < 1.29 is 9.59 Å². The third-order valence-electron chi connectivity index (χ3n) is 3.89. The molecule has 23 heavy (non-hydrogen) atoms. The number of anilines is 1. The standard InChI is InChI=1S/C18H19N3O2/c1-13-7-9-14(10-8-13)16-17(22)19-11-12-21(16)18(23)20-15-5-3-2-4-6-15/h2-10,16H,11-12H2,1H3,(H,19,22)(H,20,23). The van der Waals surface area contributed by atoms with E-state index in [0.29, 0.717) is 18.8 Å². The van der Waals surface area contributed by atoms with E-state index in [1.54, 1.807) is 4.90 Å². The molecule has 5 heteroatoms. The quantitative estimate of drug-likeness (QED) is 0.896. The van der Waals surface area contributed by atoms with Crippen molar-refractivity contribution in [3.8, 4) is 0 Å². The number of urea groups is 1. The molecule has 1 aliphatic rings. The highest BCUT2D eigenvalue weighted by Crippen LogP contribution is 2.24. The molecule has 1 fully saturated rings. The Labute approximate surface area is 135 Å². The van der Waals surface area contributed by atoms with Crippen molar-refractivity contribution in [2.24, 2.45) is 0 Å². The summed E-state index contributed by atoms with van der Waals surface area (Å²) in [5.74, 6) is -0.150. The number of nitrogens with zero attached hydrogens (tertiary/aromatic N) is 1. The van der Waals surface area contributed by atoms with Crippen LogP contribution in [-0.2, 0) is 4.79 Å². The first-order valence-electron chi connectivity index (χ1n) is 7.62. The van der Waals surface area contributed by atoms with Gasteiger partial charge in [-0.1, -0.05) is 48.0 Å². The number of nitrogens with one attached hydrogen (secondary N) is 2. The molecule has 0 aromatic heterocycles. The third-order valence-corrected chi connectivity index (χ3v) is 3.89. The Balaban J connectivity index is 1.84. The smallest absolute Gasteiger partial charge is 0.322 e. The number of para-hydroxylation sites is 1. The summed E-state index contributed by atoms with van der Waals surface area (Å²) < 4.78 is 0. The van der Waals surface area contributed by atoms with E-state index in [1.807, 2.05) is 61.5 Å². The van der Waals surface area contributed by atoms with E-state index in [0.717, 1.165) is 11.1 Å². The third kappa shape index (κ3) is 3.34. The van der Waals surface area contributed by atoms with Crippen LogP contribution in [0.1, 0.15) is 17.2 Å². The van der Waals surface area contributed by atoms with E-state index in [2.05, 4.69) is 10.6 Å². The van der Waals surface area contributed by atoms with Crippen LogP contribution in [0, 0.1) is 6.92 Å². The highest BCUT2D eigenvalue weighted by Gasteiger charge is 2.34. The summed E-state index contributed by atoms with van der Waals surface area (Å²) in [7, 11) is 0. The number of piperazine rings is 1. The molecular weight excluding hydrogens is 290 g/mol. The van der Waals surface area contributed by atoms with Gasteiger partial charge in [-0.05, 0) is 24.6 Å². The SMILES string of the molecule is Cc1ccc(C2C(=O)NCCN2C(=O)Nc2ccccc2)cc1.